The molecule has 0 aliphatic carbocycles. The first-order chi connectivity index (χ1) is 8.91. The van der Waals surface area contributed by atoms with Gasteiger partial charge in [0.15, 0.2) is 0 Å². The summed E-state index contributed by atoms with van der Waals surface area (Å²) in [7, 11) is 0. The van der Waals surface area contributed by atoms with Crippen LogP contribution in [0.25, 0.3) is 0 Å². The fourth-order valence-corrected chi connectivity index (χ4v) is 1.74. The third-order valence-electron chi connectivity index (χ3n) is 3.38. The Kier molecular flexibility index (Phi) is 5.30. The topological polar surface area (TPSA) is 61.4 Å². The van der Waals surface area contributed by atoms with Crippen molar-refractivity contribution in [3.05, 3.63) is 29.6 Å². The smallest absolute Gasteiger partial charge is 0.319 e. The quantitative estimate of drug-likeness (QED) is 0.769. The number of aliphatic hydroxyl groups excluding tert-OH is 1. The van der Waals surface area contributed by atoms with Crippen molar-refractivity contribution in [2.75, 3.05) is 11.9 Å². The van der Waals surface area contributed by atoms with Crippen molar-refractivity contribution in [3.8, 4) is 0 Å². The summed E-state index contributed by atoms with van der Waals surface area (Å²) in [6, 6.07) is 4.14. The van der Waals surface area contributed by atoms with E-state index < -0.39 is 11.6 Å². The second-order valence-corrected chi connectivity index (χ2v) is 4.88. The molecule has 1 unspecified atom stereocenters. The van der Waals surface area contributed by atoms with E-state index in [4.69, 9.17) is 5.11 Å². The summed E-state index contributed by atoms with van der Waals surface area (Å²) in [6.45, 7) is 5.41. The summed E-state index contributed by atoms with van der Waals surface area (Å²) in [5, 5.41) is 14.4. The van der Waals surface area contributed by atoms with Crippen molar-refractivity contribution in [1.29, 1.82) is 0 Å². The zero-order chi connectivity index (χ0) is 14.5. The van der Waals surface area contributed by atoms with Crippen molar-refractivity contribution in [1.82, 2.24) is 5.32 Å². The predicted molar refractivity (Wildman–Crippen MR) is 73.7 cm³/mol. The van der Waals surface area contributed by atoms with Gasteiger partial charge in [-0.25, -0.2) is 9.18 Å². The zero-order valence-corrected chi connectivity index (χ0v) is 11.6. The van der Waals surface area contributed by atoms with Gasteiger partial charge in [-0.1, -0.05) is 13.0 Å². The molecule has 0 spiro atoms. The molecule has 1 rings (SSSR count). The van der Waals surface area contributed by atoms with Crippen LogP contribution in [0.1, 0.15) is 32.3 Å². The van der Waals surface area contributed by atoms with Crippen LogP contribution in [-0.4, -0.2) is 23.3 Å². The lowest BCUT2D eigenvalue weighted by Crippen LogP contribution is -2.48. The number of carbonyl (C=O) groups is 1. The maximum Gasteiger partial charge on any atom is 0.319 e. The van der Waals surface area contributed by atoms with Crippen LogP contribution in [0.2, 0.25) is 0 Å². The number of hydrogen-bond donors (Lipinski definition) is 3. The molecule has 2 amide bonds. The Hall–Kier alpha value is -1.62. The van der Waals surface area contributed by atoms with Gasteiger partial charge in [-0.15, -0.1) is 0 Å². The molecule has 3 N–H and O–H groups in total. The van der Waals surface area contributed by atoms with Crippen molar-refractivity contribution >= 4 is 11.7 Å². The number of aliphatic hydroxyl groups is 1. The molecule has 1 aromatic carbocycles. The molecular formula is C14H21FN2O2. The average molecular weight is 268 g/mol. The lowest BCUT2D eigenvalue weighted by atomic mass is 9.95. The number of nitrogens with one attached hydrogen (secondary N) is 2. The lowest BCUT2D eigenvalue weighted by molar-refractivity contribution is 0.208. The molecule has 0 saturated carbocycles. The zero-order valence-electron chi connectivity index (χ0n) is 11.6. The van der Waals surface area contributed by atoms with Crippen molar-refractivity contribution in [3.63, 3.8) is 0 Å². The molecule has 4 nitrogen and oxygen atoms in total. The Morgan fingerprint density at radius 3 is 2.74 bits per heavy atom. The summed E-state index contributed by atoms with van der Waals surface area (Å²) in [5.41, 5.74) is 0.373. The van der Waals surface area contributed by atoms with Crippen LogP contribution in [0.3, 0.4) is 0 Å². The van der Waals surface area contributed by atoms with Gasteiger partial charge in [0, 0.05) is 23.4 Å². The molecule has 0 bridgehead atoms. The fourth-order valence-electron chi connectivity index (χ4n) is 1.74. The van der Waals surface area contributed by atoms with Gasteiger partial charge in [0.25, 0.3) is 0 Å². The highest BCUT2D eigenvalue weighted by Crippen LogP contribution is 2.18. The van der Waals surface area contributed by atoms with E-state index in [0.29, 0.717) is 24.1 Å². The van der Waals surface area contributed by atoms with Crippen LogP contribution in [0.4, 0.5) is 14.9 Å². The number of carbonyl (C=O) groups excluding carboxylic acids is 1. The van der Waals surface area contributed by atoms with Gasteiger partial charge in [-0.2, -0.15) is 0 Å². The molecule has 0 aliphatic heterocycles. The largest absolute Gasteiger partial charge is 0.396 e. The average Bonchev–Trinajstić information content (AvgIpc) is 2.35. The van der Waals surface area contributed by atoms with Gasteiger partial charge in [0.2, 0.25) is 0 Å². The van der Waals surface area contributed by atoms with Gasteiger partial charge in [0.1, 0.15) is 5.82 Å². The van der Waals surface area contributed by atoms with E-state index in [1.165, 1.54) is 6.07 Å². The highest BCUT2D eigenvalue weighted by atomic mass is 19.1. The second-order valence-electron chi connectivity index (χ2n) is 4.88. The standard InChI is InChI=1S/C14H21FN2O2/c1-4-14(3,8-9-18)17-13(19)16-12-7-5-6-11(15)10(12)2/h5-7,18H,4,8-9H2,1-3H3,(H2,16,17,19). The Balaban J connectivity index is 2.72. The van der Waals surface area contributed by atoms with E-state index in [0.717, 1.165) is 0 Å². The van der Waals surface area contributed by atoms with Crippen molar-refractivity contribution < 1.29 is 14.3 Å². The predicted octanol–water partition coefficient (Wildman–Crippen LogP) is 2.81. The minimum Gasteiger partial charge on any atom is -0.396 e. The molecule has 19 heavy (non-hydrogen) atoms. The highest BCUT2D eigenvalue weighted by Gasteiger charge is 2.23. The Bertz CT molecular complexity index is 451. The van der Waals surface area contributed by atoms with E-state index in [-0.39, 0.29) is 12.4 Å². The molecule has 0 aromatic heterocycles. The van der Waals surface area contributed by atoms with Gasteiger partial charge >= 0.3 is 6.03 Å². The third kappa shape index (κ3) is 4.21. The molecule has 1 atom stereocenters. The third-order valence-corrected chi connectivity index (χ3v) is 3.38. The summed E-state index contributed by atoms with van der Waals surface area (Å²) in [5.74, 6) is -0.355. The first-order valence-electron chi connectivity index (χ1n) is 6.37. The van der Waals surface area contributed by atoms with Crippen LogP contribution in [0.5, 0.6) is 0 Å². The number of halogens is 1. The molecule has 0 heterocycles. The second kappa shape index (κ2) is 6.52. The molecule has 0 saturated heterocycles. The molecule has 1 aromatic rings. The van der Waals surface area contributed by atoms with Crippen molar-refractivity contribution in [2.45, 2.75) is 39.2 Å². The molecule has 5 heteroatoms. The van der Waals surface area contributed by atoms with Crippen LogP contribution in [0, 0.1) is 12.7 Å². The summed E-state index contributed by atoms with van der Waals surface area (Å²) in [6.07, 6.45) is 1.17. The van der Waals surface area contributed by atoms with Gasteiger partial charge in [0.05, 0.1) is 0 Å². The van der Waals surface area contributed by atoms with Gasteiger partial charge in [-0.05, 0) is 38.8 Å². The van der Waals surface area contributed by atoms with Crippen LogP contribution >= 0.6 is 0 Å². The van der Waals surface area contributed by atoms with Crippen LogP contribution in [-0.2, 0) is 0 Å². The number of hydrogen-bond acceptors (Lipinski definition) is 2. The summed E-state index contributed by atoms with van der Waals surface area (Å²) >= 11 is 0. The molecular weight excluding hydrogens is 247 g/mol. The Labute approximate surface area is 113 Å². The number of amides is 2. The number of anilines is 1. The maximum absolute atomic E-state index is 13.3. The van der Waals surface area contributed by atoms with E-state index in [1.54, 1.807) is 19.1 Å². The van der Waals surface area contributed by atoms with E-state index in [1.807, 2.05) is 13.8 Å². The Morgan fingerprint density at radius 2 is 2.16 bits per heavy atom. The van der Waals surface area contributed by atoms with Gasteiger partial charge in [-0.3, -0.25) is 0 Å². The normalized spacial score (nSPS) is 13.7. The molecule has 0 aliphatic rings. The molecule has 0 radical (unpaired) electrons. The first kappa shape index (κ1) is 15.4. The fraction of sp³-hybridized carbons (Fsp3) is 0.500. The maximum atomic E-state index is 13.3. The molecule has 0 fully saturated rings. The van der Waals surface area contributed by atoms with Crippen LogP contribution in [0.15, 0.2) is 18.2 Å². The molecule has 106 valence electrons. The SMILES string of the molecule is CCC(C)(CCO)NC(=O)Nc1cccc(F)c1C. The van der Waals surface area contributed by atoms with Gasteiger partial charge < -0.3 is 15.7 Å². The highest BCUT2D eigenvalue weighted by molar-refractivity contribution is 5.90. The number of benzene rings is 1. The van der Waals surface area contributed by atoms with E-state index >= 15 is 0 Å². The minimum atomic E-state index is -0.472. The lowest BCUT2D eigenvalue weighted by Gasteiger charge is -2.29. The Morgan fingerprint density at radius 1 is 1.47 bits per heavy atom. The number of urea groups is 1. The summed E-state index contributed by atoms with van der Waals surface area (Å²) < 4.78 is 13.3. The van der Waals surface area contributed by atoms with E-state index in [9.17, 15) is 9.18 Å². The summed E-state index contributed by atoms with van der Waals surface area (Å²) in [4.78, 5) is 11.9. The van der Waals surface area contributed by atoms with Crippen LogP contribution < -0.4 is 10.6 Å². The number of rotatable bonds is 5. The monoisotopic (exact) mass is 268 g/mol. The van der Waals surface area contributed by atoms with E-state index in [2.05, 4.69) is 10.6 Å². The minimum absolute atomic E-state index is 0.00358. The first-order valence-corrected chi connectivity index (χ1v) is 6.37. The van der Waals surface area contributed by atoms with Crippen molar-refractivity contribution in [2.24, 2.45) is 0 Å².